The number of aromatic nitrogens is 3. The van der Waals surface area contributed by atoms with Crippen LogP contribution in [-0.4, -0.2) is 44.6 Å². The van der Waals surface area contributed by atoms with Gasteiger partial charge in [-0.1, -0.05) is 12.1 Å². The Morgan fingerprint density at radius 3 is 2.61 bits per heavy atom. The van der Waals surface area contributed by atoms with Crippen LogP contribution in [0.25, 0.3) is 11.0 Å². The molecule has 162 valence electrons. The Morgan fingerprint density at radius 2 is 1.87 bits per heavy atom. The Morgan fingerprint density at radius 1 is 1.13 bits per heavy atom. The number of hydrogen-bond donors (Lipinski definition) is 0. The number of hydrogen-bond acceptors (Lipinski definition) is 5. The van der Waals surface area contributed by atoms with Gasteiger partial charge in [-0.2, -0.15) is 0 Å². The van der Waals surface area contributed by atoms with Crippen LogP contribution in [0.4, 0.5) is 4.39 Å². The van der Waals surface area contributed by atoms with Crippen molar-refractivity contribution in [1.29, 1.82) is 0 Å². The summed E-state index contributed by atoms with van der Waals surface area (Å²) in [6.45, 7) is 1.17. The molecule has 1 aromatic carbocycles. The first kappa shape index (κ1) is 20.9. The zero-order valence-corrected chi connectivity index (χ0v) is 17.4. The lowest BCUT2D eigenvalue weighted by atomic mass is 10.1. The number of amides is 1. The second-order valence-electron chi connectivity index (χ2n) is 7.64. The van der Waals surface area contributed by atoms with E-state index < -0.39 is 17.4 Å². The van der Waals surface area contributed by atoms with Gasteiger partial charge in [0.1, 0.15) is 17.6 Å². The van der Waals surface area contributed by atoms with Gasteiger partial charge in [0.25, 0.3) is 5.56 Å². The predicted molar refractivity (Wildman–Crippen MR) is 112 cm³/mol. The number of pyridine rings is 1. The fraction of sp³-hybridized carbons (Fsp3) is 0.364. The fourth-order valence-electron chi connectivity index (χ4n) is 3.76. The van der Waals surface area contributed by atoms with E-state index in [4.69, 9.17) is 4.74 Å². The minimum Gasteiger partial charge on any atom is -0.368 e. The van der Waals surface area contributed by atoms with Crippen molar-refractivity contribution in [1.82, 2.24) is 19.0 Å². The molecule has 9 heteroatoms. The van der Waals surface area contributed by atoms with E-state index in [1.54, 1.807) is 36.2 Å². The molecule has 31 heavy (non-hydrogen) atoms. The summed E-state index contributed by atoms with van der Waals surface area (Å²) in [5.74, 6) is -0.316. The number of fused-ring (bicyclic) bond motifs is 1. The smallest absolute Gasteiger partial charge is 0.332 e. The van der Waals surface area contributed by atoms with Crippen LogP contribution < -0.4 is 11.2 Å². The molecule has 1 aliphatic rings. The number of aryl methyl sites for hydroxylation is 2. The molecule has 3 aromatic rings. The lowest BCUT2D eigenvalue weighted by molar-refractivity contribution is -0.139. The van der Waals surface area contributed by atoms with Gasteiger partial charge in [-0.3, -0.25) is 18.7 Å². The number of benzene rings is 1. The molecule has 1 aliphatic heterocycles. The maximum Gasteiger partial charge on any atom is 0.332 e. The zero-order chi connectivity index (χ0) is 22.1. The minimum absolute atomic E-state index is 0.0142. The molecule has 3 heterocycles. The van der Waals surface area contributed by atoms with E-state index in [0.29, 0.717) is 43.6 Å². The molecule has 1 amide bonds. The second-order valence-corrected chi connectivity index (χ2v) is 7.64. The van der Waals surface area contributed by atoms with Crippen LogP contribution in [0.5, 0.6) is 0 Å². The standard InChI is InChI=1S/C22H23FN4O4/c1-25-20-16(21(29)26(2)22(25)30)8-9-17(24-20)18-13-27(11-12-31-18)19(28)10-5-14-3-6-15(23)7-4-14/h3-4,6-9,18H,5,10-13H2,1-2H3. The maximum absolute atomic E-state index is 13.0. The van der Waals surface area contributed by atoms with E-state index in [0.717, 1.165) is 10.1 Å². The average molecular weight is 426 g/mol. The Kier molecular flexibility index (Phi) is 5.69. The van der Waals surface area contributed by atoms with Gasteiger partial charge in [-0.15, -0.1) is 0 Å². The highest BCUT2D eigenvalue weighted by Gasteiger charge is 2.26. The maximum atomic E-state index is 13.0. The van der Waals surface area contributed by atoms with Gasteiger partial charge in [-0.05, 0) is 36.2 Å². The summed E-state index contributed by atoms with van der Waals surface area (Å²) >= 11 is 0. The summed E-state index contributed by atoms with van der Waals surface area (Å²) in [5.41, 5.74) is 0.891. The van der Waals surface area contributed by atoms with Crippen molar-refractivity contribution in [3.05, 3.63) is 74.3 Å². The monoisotopic (exact) mass is 426 g/mol. The van der Waals surface area contributed by atoms with Crippen LogP contribution >= 0.6 is 0 Å². The molecule has 1 saturated heterocycles. The summed E-state index contributed by atoms with van der Waals surface area (Å²) in [4.78, 5) is 43.5. The number of carbonyl (C=O) groups excluding carboxylic acids is 1. The molecule has 0 bridgehead atoms. The Labute approximate surface area is 177 Å². The van der Waals surface area contributed by atoms with Gasteiger partial charge < -0.3 is 9.64 Å². The third-order valence-electron chi connectivity index (χ3n) is 5.61. The lowest BCUT2D eigenvalue weighted by Gasteiger charge is -2.33. The van der Waals surface area contributed by atoms with E-state index in [2.05, 4.69) is 4.98 Å². The van der Waals surface area contributed by atoms with Crippen LogP contribution in [0.3, 0.4) is 0 Å². The third-order valence-corrected chi connectivity index (χ3v) is 5.61. The van der Waals surface area contributed by atoms with Crippen molar-refractivity contribution in [3.63, 3.8) is 0 Å². The van der Waals surface area contributed by atoms with Crippen LogP contribution in [0, 0.1) is 5.82 Å². The molecule has 0 N–H and O–H groups in total. The van der Waals surface area contributed by atoms with Crippen LogP contribution in [-0.2, 0) is 30.0 Å². The molecule has 1 fully saturated rings. The van der Waals surface area contributed by atoms with E-state index in [9.17, 15) is 18.8 Å². The summed E-state index contributed by atoms with van der Waals surface area (Å²) < 4.78 is 21.2. The number of carbonyl (C=O) groups is 1. The largest absolute Gasteiger partial charge is 0.368 e. The van der Waals surface area contributed by atoms with E-state index in [-0.39, 0.29) is 17.4 Å². The Balaban J connectivity index is 1.51. The molecular formula is C22H23FN4O4. The second kappa shape index (κ2) is 8.43. The molecule has 0 spiro atoms. The van der Waals surface area contributed by atoms with E-state index in [1.165, 1.54) is 23.7 Å². The van der Waals surface area contributed by atoms with Crippen molar-refractivity contribution in [3.8, 4) is 0 Å². The fourth-order valence-corrected chi connectivity index (χ4v) is 3.76. The molecular weight excluding hydrogens is 403 g/mol. The van der Waals surface area contributed by atoms with Crippen molar-refractivity contribution in [2.75, 3.05) is 19.7 Å². The quantitative estimate of drug-likeness (QED) is 0.628. The molecule has 0 saturated carbocycles. The van der Waals surface area contributed by atoms with Crippen LogP contribution in [0.2, 0.25) is 0 Å². The topological polar surface area (TPSA) is 86.4 Å². The molecule has 8 nitrogen and oxygen atoms in total. The molecule has 2 aromatic heterocycles. The SMILES string of the molecule is Cn1c(=O)c2ccc(C3CN(C(=O)CCc4ccc(F)cc4)CCO3)nc2n(C)c1=O. The summed E-state index contributed by atoms with van der Waals surface area (Å²) in [5, 5.41) is 0.344. The first-order valence-electron chi connectivity index (χ1n) is 10.1. The van der Waals surface area contributed by atoms with Gasteiger partial charge >= 0.3 is 5.69 Å². The highest BCUT2D eigenvalue weighted by molar-refractivity contribution is 5.77. The van der Waals surface area contributed by atoms with Gasteiger partial charge in [0.15, 0.2) is 0 Å². The molecule has 1 atom stereocenters. The third kappa shape index (κ3) is 4.13. The highest BCUT2D eigenvalue weighted by Crippen LogP contribution is 2.22. The average Bonchev–Trinajstić information content (AvgIpc) is 2.80. The van der Waals surface area contributed by atoms with E-state index in [1.807, 2.05) is 0 Å². The van der Waals surface area contributed by atoms with Crippen molar-refractivity contribution < 1.29 is 13.9 Å². The summed E-state index contributed by atoms with van der Waals surface area (Å²) in [6.07, 6.45) is 0.390. The first-order valence-corrected chi connectivity index (χ1v) is 10.1. The zero-order valence-electron chi connectivity index (χ0n) is 17.4. The van der Waals surface area contributed by atoms with Gasteiger partial charge in [0.05, 0.1) is 24.2 Å². The molecule has 4 rings (SSSR count). The summed E-state index contributed by atoms with van der Waals surface area (Å²) in [7, 11) is 2.99. The number of ether oxygens (including phenoxy) is 1. The molecule has 1 unspecified atom stereocenters. The number of nitrogens with zero attached hydrogens (tertiary/aromatic N) is 4. The predicted octanol–water partition coefficient (Wildman–Crippen LogP) is 1.30. The van der Waals surface area contributed by atoms with Gasteiger partial charge in [0, 0.05) is 27.1 Å². The highest BCUT2D eigenvalue weighted by atomic mass is 19.1. The van der Waals surface area contributed by atoms with Crippen LogP contribution in [0.1, 0.15) is 23.8 Å². The summed E-state index contributed by atoms with van der Waals surface area (Å²) in [6, 6.07) is 9.47. The minimum atomic E-state index is -0.454. The number of morpholine rings is 1. The van der Waals surface area contributed by atoms with Gasteiger partial charge in [0.2, 0.25) is 5.91 Å². The number of rotatable bonds is 4. The van der Waals surface area contributed by atoms with Crippen molar-refractivity contribution in [2.45, 2.75) is 18.9 Å². The number of halogens is 1. The Hall–Kier alpha value is -3.33. The normalized spacial score (nSPS) is 16.6. The first-order chi connectivity index (χ1) is 14.8. The lowest BCUT2D eigenvalue weighted by Crippen LogP contribution is -2.42. The van der Waals surface area contributed by atoms with Crippen molar-refractivity contribution >= 4 is 16.9 Å². The van der Waals surface area contributed by atoms with Crippen molar-refractivity contribution in [2.24, 2.45) is 14.1 Å². The Bertz CT molecular complexity index is 1250. The van der Waals surface area contributed by atoms with E-state index >= 15 is 0 Å². The van der Waals surface area contributed by atoms with Gasteiger partial charge in [-0.25, -0.2) is 14.2 Å². The molecule has 0 aliphatic carbocycles. The van der Waals surface area contributed by atoms with Crippen LogP contribution in [0.15, 0.2) is 46.0 Å². The molecule has 0 radical (unpaired) electrons.